The molecule has 0 aromatic heterocycles. The minimum absolute atomic E-state index is 0.130. The van der Waals surface area contributed by atoms with E-state index in [1.165, 1.54) is 0 Å². The normalized spacial score (nSPS) is 14.6. The van der Waals surface area contributed by atoms with Crippen LogP contribution in [0.25, 0.3) is 0 Å². The van der Waals surface area contributed by atoms with Crippen molar-refractivity contribution in [1.29, 1.82) is 0 Å². The standard InChI is InChI=1S/C13H19Cl2NO/c1-3-10(17)7-8-16-9(2)11-5-4-6-12(14)13(11)15/h4-6,9-10,16-17H,3,7-8H2,1-2H3. The average Bonchev–Trinajstić information content (AvgIpc) is 2.32. The lowest BCUT2D eigenvalue weighted by molar-refractivity contribution is 0.159. The Bertz CT molecular complexity index is 357. The van der Waals surface area contributed by atoms with Crippen LogP contribution in [0.5, 0.6) is 0 Å². The lowest BCUT2D eigenvalue weighted by atomic mass is 10.1. The molecule has 0 bridgehead atoms. The lowest BCUT2D eigenvalue weighted by Crippen LogP contribution is -2.23. The van der Waals surface area contributed by atoms with Gasteiger partial charge in [0.15, 0.2) is 0 Å². The maximum absolute atomic E-state index is 9.45. The Hall–Kier alpha value is -0.280. The summed E-state index contributed by atoms with van der Waals surface area (Å²) in [4.78, 5) is 0. The summed E-state index contributed by atoms with van der Waals surface area (Å²) in [5, 5.41) is 14.0. The third-order valence-electron chi connectivity index (χ3n) is 2.85. The fraction of sp³-hybridized carbons (Fsp3) is 0.538. The van der Waals surface area contributed by atoms with E-state index in [2.05, 4.69) is 5.32 Å². The molecule has 0 amide bonds. The molecule has 0 saturated heterocycles. The zero-order chi connectivity index (χ0) is 12.8. The molecule has 2 atom stereocenters. The van der Waals surface area contributed by atoms with Crippen molar-refractivity contribution in [1.82, 2.24) is 5.32 Å². The van der Waals surface area contributed by atoms with Crippen molar-refractivity contribution in [2.45, 2.75) is 38.8 Å². The van der Waals surface area contributed by atoms with Crippen LogP contribution in [-0.2, 0) is 0 Å². The van der Waals surface area contributed by atoms with Gasteiger partial charge in [-0.1, -0.05) is 42.3 Å². The van der Waals surface area contributed by atoms with E-state index in [0.717, 1.165) is 24.9 Å². The minimum atomic E-state index is -0.232. The van der Waals surface area contributed by atoms with Crippen LogP contribution >= 0.6 is 23.2 Å². The Balaban J connectivity index is 2.52. The molecule has 1 aromatic rings. The fourth-order valence-corrected chi connectivity index (χ4v) is 2.11. The molecular formula is C13H19Cl2NO. The van der Waals surface area contributed by atoms with Gasteiger partial charge in [-0.3, -0.25) is 0 Å². The Morgan fingerprint density at radius 2 is 2.06 bits per heavy atom. The summed E-state index contributed by atoms with van der Waals surface area (Å²) < 4.78 is 0. The van der Waals surface area contributed by atoms with Crippen LogP contribution in [0.3, 0.4) is 0 Å². The Morgan fingerprint density at radius 1 is 1.35 bits per heavy atom. The first-order valence-electron chi connectivity index (χ1n) is 5.91. The molecule has 0 spiro atoms. The number of aliphatic hydroxyl groups is 1. The second kappa shape index (κ2) is 7.22. The maximum atomic E-state index is 9.45. The van der Waals surface area contributed by atoms with Crippen LogP contribution < -0.4 is 5.32 Å². The molecule has 0 fully saturated rings. The number of rotatable bonds is 6. The van der Waals surface area contributed by atoms with Crippen molar-refractivity contribution in [3.05, 3.63) is 33.8 Å². The molecule has 4 heteroatoms. The Morgan fingerprint density at radius 3 is 2.71 bits per heavy atom. The molecule has 17 heavy (non-hydrogen) atoms. The zero-order valence-electron chi connectivity index (χ0n) is 10.2. The number of hydrogen-bond acceptors (Lipinski definition) is 2. The Kier molecular flexibility index (Phi) is 6.28. The van der Waals surface area contributed by atoms with Crippen molar-refractivity contribution < 1.29 is 5.11 Å². The monoisotopic (exact) mass is 275 g/mol. The summed E-state index contributed by atoms with van der Waals surface area (Å²) in [5.41, 5.74) is 0.991. The van der Waals surface area contributed by atoms with Crippen molar-refractivity contribution in [3.8, 4) is 0 Å². The van der Waals surface area contributed by atoms with E-state index < -0.39 is 0 Å². The van der Waals surface area contributed by atoms with E-state index in [9.17, 15) is 5.11 Å². The lowest BCUT2D eigenvalue weighted by Gasteiger charge is -2.17. The van der Waals surface area contributed by atoms with Crippen molar-refractivity contribution >= 4 is 23.2 Å². The van der Waals surface area contributed by atoms with Gasteiger partial charge < -0.3 is 10.4 Å². The van der Waals surface area contributed by atoms with Gasteiger partial charge in [0.2, 0.25) is 0 Å². The highest BCUT2D eigenvalue weighted by Gasteiger charge is 2.11. The fourth-order valence-electron chi connectivity index (χ4n) is 1.64. The highest BCUT2D eigenvalue weighted by atomic mass is 35.5. The summed E-state index contributed by atoms with van der Waals surface area (Å²) in [6, 6.07) is 5.76. The van der Waals surface area contributed by atoms with E-state index >= 15 is 0 Å². The largest absolute Gasteiger partial charge is 0.393 e. The van der Waals surface area contributed by atoms with Crippen molar-refractivity contribution in [2.75, 3.05) is 6.54 Å². The van der Waals surface area contributed by atoms with Gasteiger partial charge in [0.05, 0.1) is 16.1 Å². The van der Waals surface area contributed by atoms with Gasteiger partial charge in [0.25, 0.3) is 0 Å². The number of hydrogen-bond donors (Lipinski definition) is 2. The second-order valence-corrected chi connectivity index (χ2v) is 4.95. The summed E-state index contributed by atoms with van der Waals surface area (Å²) in [6.45, 7) is 4.77. The van der Waals surface area contributed by atoms with Crippen molar-refractivity contribution in [3.63, 3.8) is 0 Å². The number of halogens is 2. The van der Waals surface area contributed by atoms with Gasteiger partial charge in [-0.25, -0.2) is 0 Å². The molecule has 1 rings (SSSR count). The first kappa shape index (κ1) is 14.8. The molecule has 0 aliphatic carbocycles. The first-order chi connectivity index (χ1) is 8.06. The average molecular weight is 276 g/mol. The van der Waals surface area contributed by atoms with Crippen LogP contribution in [-0.4, -0.2) is 17.8 Å². The summed E-state index contributed by atoms with van der Waals surface area (Å²) in [6.07, 6.45) is 1.30. The van der Waals surface area contributed by atoms with Crippen LogP contribution in [0.15, 0.2) is 18.2 Å². The van der Waals surface area contributed by atoms with Crippen LogP contribution in [0, 0.1) is 0 Å². The minimum Gasteiger partial charge on any atom is -0.393 e. The maximum Gasteiger partial charge on any atom is 0.0639 e. The SMILES string of the molecule is CCC(O)CCNC(C)c1cccc(Cl)c1Cl. The van der Waals surface area contributed by atoms with E-state index in [1.807, 2.05) is 26.0 Å². The molecule has 2 nitrogen and oxygen atoms in total. The molecule has 0 aliphatic heterocycles. The molecule has 1 aromatic carbocycles. The second-order valence-electron chi connectivity index (χ2n) is 4.17. The van der Waals surface area contributed by atoms with Gasteiger partial charge in [0, 0.05) is 6.04 Å². The number of nitrogens with one attached hydrogen (secondary N) is 1. The number of benzene rings is 1. The predicted octanol–water partition coefficient (Wildman–Crippen LogP) is 3.81. The summed E-state index contributed by atoms with van der Waals surface area (Å²) >= 11 is 12.1. The topological polar surface area (TPSA) is 32.3 Å². The molecule has 0 saturated carbocycles. The van der Waals surface area contributed by atoms with Crippen LogP contribution in [0.1, 0.15) is 38.3 Å². The van der Waals surface area contributed by atoms with E-state index in [-0.39, 0.29) is 12.1 Å². The molecule has 0 radical (unpaired) electrons. The summed E-state index contributed by atoms with van der Waals surface area (Å²) in [5.74, 6) is 0. The predicted molar refractivity (Wildman–Crippen MR) is 73.8 cm³/mol. The van der Waals surface area contributed by atoms with E-state index in [0.29, 0.717) is 10.0 Å². The summed E-state index contributed by atoms with van der Waals surface area (Å²) in [7, 11) is 0. The van der Waals surface area contributed by atoms with Crippen molar-refractivity contribution in [2.24, 2.45) is 0 Å². The smallest absolute Gasteiger partial charge is 0.0639 e. The zero-order valence-corrected chi connectivity index (χ0v) is 11.7. The van der Waals surface area contributed by atoms with E-state index in [1.54, 1.807) is 6.07 Å². The molecule has 0 aliphatic rings. The van der Waals surface area contributed by atoms with Gasteiger partial charge in [-0.05, 0) is 37.9 Å². The van der Waals surface area contributed by atoms with Gasteiger partial charge in [-0.2, -0.15) is 0 Å². The van der Waals surface area contributed by atoms with Gasteiger partial charge >= 0.3 is 0 Å². The van der Waals surface area contributed by atoms with E-state index in [4.69, 9.17) is 23.2 Å². The van der Waals surface area contributed by atoms with Gasteiger partial charge in [-0.15, -0.1) is 0 Å². The molecule has 2 N–H and O–H groups in total. The highest BCUT2D eigenvalue weighted by molar-refractivity contribution is 6.42. The molecule has 2 unspecified atom stereocenters. The van der Waals surface area contributed by atoms with Crippen LogP contribution in [0.2, 0.25) is 10.0 Å². The number of aliphatic hydroxyl groups excluding tert-OH is 1. The quantitative estimate of drug-likeness (QED) is 0.828. The third-order valence-corrected chi connectivity index (χ3v) is 3.68. The third kappa shape index (κ3) is 4.47. The highest BCUT2D eigenvalue weighted by Crippen LogP contribution is 2.29. The first-order valence-corrected chi connectivity index (χ1v) is 6.67. The molecular weight excluding hydrogens is 257 g/mol. The van der Waals surface area contributed by atoms with Crippen LogP contribution in [0.4, 0.5) is 0 Å². The Labute approximate surface area is 113 Å². The van der Waals surface area contributed by atoms with Gasteiger partial charge in [0.1, 0.15) is 0 Å². The molecule has 96 valence electrons. The molecule has 0 heterocycles.